The van der Waals surface area contributed by atoms with Crippen molar-refractivity contribution in [2.75, 3.05) is 13.1 Å². The van der Waals surface area contributed by atoms with Crippen LogP contribution in [0.5, 0.6) is 0 Å². The molecule has 1 aliphatic carbocycles. The van der Waals surface area contributed by atoms with Crippen LogP contribution in [0.25, 0.3) is 0 Å². The molecular weight excluding hydrogens is 206 g/mol. The average Bonchev–Trinajstić information content (AvgIpc) is 2.33. The van der Waals surface area contributed by atoms with Crippen LogP contribution in [0.3, 0.4) is 0 Å². The van der Waals surface area contributed by atoms with Gasteiger partial charge >= 0.3 is 0 Å². The summed E-state index contributed by atoms with van der Waals surface area (Å²) in [6.45, 7) is 5.03. The highest BCUT2D eigenvalue weighted by atomic mass is 14.9. The molecule has 0 unspecified atom stereocenters. The van der Waals surface area contributed by atoms with Crippen molar-refractivity contribution in [3.8, 4) is 0 Å². The predicted octanol–water partition coefficient (Wildman–Crippen LogP) is 4.52. The van der Waals surface area contributed by atoms with Gasteiger partial charge in [-0.15, -0.1) is 0 Å². The van der Waals surface area contributed by atoms with Crippen molar-refractivity contribution in [1.29, 1.82) is 0 Å². The van der Waals surface area contributed by atoms with E-state index in [9.17, 15) is 0 Å². The molecule has 0 aromatic rings. The standard InChI is InChI=1S/C16H31N/c1-16(11-6-12-16)10-5-3-2-4-7-15-8-13-17-14-9-15/h15,17H,2-14H2,1H3. The second-order valence-electron chi connectivity index (χ2n) is 6.81. The molecule has 2 aliphatic rings. The van der Waals surface area contributed by atoms with Gasteiger partial charge in [-0.1, -0.05) is 45.4 Å². The van der Waals surface area contributed by atoms with Crippen molar-refractivity contribution >= 4 is 0 Å². The number of unbranched alkanes of at least 4 members (excludes halogenated alkanes) is 3. The maximum atomic E-state index is 3.45. The Kier molecular flexibility index (Phi) is 5.34. The molecule has 1 aliphatic heterocycles. The Balaban J connectivity index is 1.41. The van der Waals surface area contributed by atoms with Crippen molar-refractivity contribution in [2.45, 2.75) is 77.6 Å². The molecule has 1 nitrogen and oxygen atoms in total. The summed E-state index contributed by atoms with van der Waals surface area (Å²) in [5.74, 6) is 1.04. The van der Waals surface area contributed by atoms with Gasteiger partial charge in [0.2, 0.25) is 0 Å². The third-order valence-corrected chi connectivity index (χ3v) is 5.16. The van der Waals surface area contributed by atoms with Crippen LogP contribution in [-0.2, 0) is 0 Å². The maximum absolute atomic E-state index is 3.45. The van der Waals surface area contributed by atoms with Gasteiger partial charge in [0.25, 0.3) is 0 Å². The Morgan fingerprint density at radius 2 is 1.71 bits per heavy atom. The first kappa shape index (κ1) is 13.4. The molecule has 2 fully saturated rings. The van der Waals surface area contributed by atoms with E-state index in [1.54, 1.807) is 0 Å². The minimum Gasteiger partial charge on any atom is -0.317 e. The molecule has 1 saturated heterocycles. The van der Waals surface area contributed by atoms with Crippen molar-refractivity contribution in [3.63, 3.8) is 0 Å². The SMILES string of the molecule is CC1(CCCCCCC2CCNCC2)CCC1. The van der Waals surface area contributed by atoms with Gasteiger partial charge in [-0.2, -0.15) is 0 Å². The average molecular weight is 237 g/mol. The fourth-order valence-electron chi connectivity index (χ4n) is 3.54. The highest BCUT2D eigenvalue weighted by Crippen LogP contribution is 2.44. The Bertz CT molecular complexity index is 202. The number of piperidine rings is 1. The second-order valence-corrected chi connectivity index (χ2v) is 6.81. The highest BCUT2D eigenvalue weighted by Gasteiger charge is 2.30. The summed E-state index contributed by atoms with van der Waals surface area (Å²) in [6.07, 6.45) is 16.3. The topological polar surface area (TPSA) is 12.0 Å². The summed E-state index contributed by atoms with van der Waals surface area (Å²) in [6, 6.07) is 0. The zero-order valence-corrected chi connectivity index (χ0v) is 11.8. The number of hydrogen-bond donors (Lipinski definition) is 1. The molecule has 1 heterocycles. The van der Waals surface area contributed by atoms with Gasteiger partial charge in [0, 0.05) is 0 Å². The monoisotopic (exact) mass is 237 g/mol. The number of nitrogens with one attached hydrogen (secondary N) is 1. The Hall–Kier alpha value is -0.0400. The second kappa shape index (κ2) is 6.78. The quantitative estimate of drug-likeness (QED) is 0.642. The molecule has 0 aromatic heterocycles. The van der Waals surface area contributed by atoms with E-state index in [0.717, 1.165) is 11.3 Å². The van der Waals surface area contributed by atoms with Crippen molar-refractivity contribution in [2.24, 2.45) is 11.3 Å². The Labute approximate surface area is 108 Å². The molecule has 17 heavy (non-hydrogen) atoms. The zero-order valence-electron chi connectivity index (χ0n) is 11.8. The Morgan fingerprint density at radius 3 is 2.35 bits per heavy atom. The minimum atomic E-state index is 0.759. The van der Waals surface area contributed by atoms with Crippen LogP contribution in [0.1, 0.15) is 77.6 Å². The van der Waals surface area contributed by atoms with Crippen LogP contribution >= 0.6 is 0 Å². The smallest absolute Gasteiger partial charge is 0.00463 e. The Morgan fingerprint density at radius 1 is 1.00 bits per heavy atom. The summed E-state index contributed by atoms with van der Waals surface area (Å²) in [5, 5.41) is 3.45. The van der Waals surface area contributed by atoms with E-state index in [1.807, 2.05) is 0 Å². The van der Waals surface area contributed by atoms with Crippen LogP contribution in [0.2, 0.25) is 0 Å². The van der Waals surface area contributed by atoms with Crippen molar-refractivity contribution in [1.82, 2.24) is 5.32 Å². The third-order valence-electron chi connectivity index (χ3n) is 5.16. The van der Waals surface area contributed by atoms with E-state index < -0.39 is 0 Å². The van der Waals surface area contributed by atoms with Crippen LogP contribution in [0.15, 0.2) is 0 Å². The van der Waals surface area contributed by atoms with Crippen molar-refractivity contribution < 1.29 is 0 Å². The predicted molar refractivity (Wildman–Crippen MR) is 75.3 cm³/mol. The van der Waals surface area contributed by atoms with E-state index in [1.165, 1.54) is 83.7 Å². The highest BCUT2D eigenvalue weighted by molar-refractivity contribution is 4.82. The fraction of sp³-hybridized carbons (Fsp3) is 1.00. The zero-order chi connectivity index (χ0) is 12.0. The molecular formula is C16H31N. The van der Waals surface area contributed by atoms with Gasteiger partial charge in [-0.05, 0) is 56.5 Å². The molecule has 0 atom stereocenters. The van der Waals surface area contributed by atoms with E-state index in [0.29, 0.717) is 0 Å². The van der Waals surface area contributed by atoms with E-state index in [2.05, 4.69) is 12.2 Å². The molecule has 2 rings (SSSR count). The van der Waals surface area contributed by atoms with E-state index >= 15 is 0 Å². The summed E-state index contributed by atoms with van der Waals surface area (Å²) in [4.78, 5) is 0. The van der Waals surface area contributed by atoms with Gasteiger partial charge in [0.05, 0.1) is 0 Å². The molecule has 0 bridgehead atoms. The lowest BCUT2D eigenvalue weighted by Gasteiger charge is -2.38. The van der Waals surface area contributed by atoms with E-state index in [4.69, 9.17) is 0 Å². The normalized spacial score (nSPS) is 24.5. The van der Waals surface area contributed by atoms with E-state index in [-0.39, 0.29) is 0 Å². The van der Waals surface area contributed by atoms with Crippen LogP contribution in [-0.4, -0.2) is 13.1 Å². The summed E-state index contributed by atoms with van der Waals surface area (Å²) >= 11 is 0. The molecule has 1 saturated carbocycles. The first-order valence-corrected chi connectivity index (χ1v) is 7.99. The lowest BCUT2D eigenvalue weighted by atomic mass is 9.67. The summed E-state index contributed by atoms with van der Waals surface area (Å²) in [7, 11) is 0. The first-order chi connectivity index (χ1) is 8.29. The van der Waals surface area contributed by atoms with Gasteiger partial charge in [0.1, 0.15) is 0 Å². The van der Waals surface area contributed by atoms with Crippen LogP contribution in [0, 0.1) is 11.3 Å². The van der Waals surface area contributed by atoms with Crippen molar-refractivity contribution in [3.05, 3.63) is 0 Å². The summed E-state index contributed by atoms with van der Waals surface area (Å²) in [5.41, 5.74) is 0.759. The van der Waals surface area contributed by atoms with Gasteiger partial charge in [-0.25, -0.2) is 0 Å². The van der Waals surface area contributed by atoms with Gasteiger partial charge in [0.15, 0.2) is 0 Å². The molecule has 1 N–H and O–H groups in total. The fourth-order valence-corrected chi connectivity index (χ4v) is 3.54. The maximum Gasteiger partial charge on any atom is -0.00463 e. The molecule has 0 aromatic carbocycles. The first-order valence-electron chi connectivity index (χ1n) is 7.99. The molecule has 0 radical (unpaired) electrons. The van der Waals surface area contributed by atoms with Crippen LogP contribution < -0.4 is 5.32 Å². The lowest BCUT2D eigenvalue weighted by Crippen LogP contribution is -2.27. The molecule has 0 amide bonds. The third kappa shape index (κ3) is 4.62. The summed E-state index contributed by atoms with van der Waals surface area (Å²) < 4.78 is 0. The lowest BCUT2D eigenvalue weighted by molar-refractivity contribution is 0.141. The number of rotatable bonds is 7. The molecule has 1 heteroatoms. The largest absolute Gasteiger partial charge is 0.317 e. The van der Waals surface area contributed by atoms with Gasteiger partial charge in [-0.3, -0.25) is 0 Å². The number of hydrogen-bond acceptors (Lipinski definition) is 1. The minimum absolute atomic E-state index is 0.759. The van der Waals surface area contributed by atoms with Gasteiger partial charge < -0.3 is 5.32 Å². The molecule has 100 valence electrons. The van der Waals surface area contributed by atoms with Crippen LogP contribution in [0.4, 0.5) is 0 Å². The molecule has 0 spiro atoms.